The molecule has 0 aliphatic heterocycles. The average Bonchev–Trinajstić information content (AvgIpc) is 2.47. The van der Waals surface area contributed by atoms with Gasteiger partial charge in [-0.2, -0.15) is 0 Å². The Bertz CT molecular complexity index is 607. The van der Waals surface area contributed by atoms with E-state index in [1.165, 1.54) is 5.39 Å². The van der Waals surface area contributed by atoms with E-state index in [0.717, 1.165) is 10.9 Å². The number of aliphatic carboxylic acids is 1. The molecule has 1 atom stereocenters. The topological polar surface area (TPSA) is 49.8 Å². The summed E-state index contributed by atoms with van der Waals surface area (Å²) in [6.45, 7) is 3.16. The lowest BCUT2D eigenvalue weighted by molar-refractivity contribution is -0.145. The number of nitrogens with zero attached hydrogens (tertiary/aromatic N) is 1. The summed E-state index contributed by atoms with van der Waals surface area (Å²) in [5.74, 6) is -0.855. The second kappa shape index (κ2) is 7.20. The quantitative estimate of drug-likeness (QED) is 0.850. The van der Waals surface area contributed by atoms with Gasteiger partial charge in [-0.25, -0.2) is 0 Å². The van der Waals surface area contributed by atoms with Crippen LogP contribution in [0, 0.1) is 0 Å². The van der Waals surface area contributed by atoms with Gasteiger partial charge in [0.05, 0.1) is 6.61 Å². The minimum absolute atomic E-state index is 0.201. The minimum Gasteiger partial charge on any atom is -0.480 e. The third-order valence-electron chi connectivity index (χ3n) is 3.60. The predicted octanol–water partition coefficient (Wildman–Crippen LogP) is 2.76. The molecule has 0 spiro atoms. The molecule has 21 heavy (non-hydrogen) atoms. The van der Waals surface area contributed by atoms with E-state index in [-0.39, 0.29) is 6.61 Å². The molecule has 4 heteroatoms. The summed E-state index contributed by atoms with van der Waals surface area (Å²) in [6.07, 6.45) is 0. The summed E-state index contributed by atoms with van der Waals surface area (Å²) in [6, 6.07) is 13.6. The zero-order valence-electron chi connectivity index (χ0n) is 12.5. The molecule has 0 bridgehead atoms. The van der Waals surface area contributed by atoms with E-state index in [1.807, 2.05) is 43.1 Å². The highest BCUT2D eigenvalue weighted by Gasteiger charge is 2.23. The van der Waals surface area contributed by atoms with Crippen LogP contribution in [0.2, 0.25) is 0 Å². The molecule has 0 fully saturated rings. The first kappa shape index (κ1) is 15.5. The van der Waals surface area contributed by atoms with Crippen LogP contribution < -0.4 is 0 Å². The van der Waals surface area contributed by atoms with Crippen molar-refractivity contribution >= 4 is 16.7 Å². The van der Waals surface area contributed by atoms with Gasteiger partial charge in [-0.05, 0) is 30.3 Å². The van der Waals surface area contributed by atoms with Gasteiger partial charge in [0.1, 0.15) is 6.04 Å². The first-order valence-electron chi connectivity index (χ1n) is 7.11. The molecule has 0 saturated carbocycles. The number of carbonyl (C=O) groups is 1. The fourth-order valence-corrected chi connectivity index (χ4v) is 2.43. The smallest absolute Gasteiger partial charge is 0.323 e. The second-order valence-electron chi connectivity index (χ2n) is 5.07. The van der Waals surface area contributed by atoms with Crippen LogP contribution in [-0.2, 0) is 16.1 Å². The highest BCUT2D eigenvalue weighted by molar-refractivity contribution is 5.85. The molecular formula is C17H21NO3. The SMILES string of the molecule is CCOCC(C(=O)O)N(C)Cc1cccc2ccccc12. The van der Waals surface area contributed by atoms with Gasteiger partial charge in [0.2, 0.25) is 0 Å². The Morgan fingerprint density at radius 1 is 1.24 bits per heavy atom. The van der Waals surface area contributed by atoms with Gasteiger partial charge in [0.15, 0.2) is 0 Å². The first-order valence-corrected chi connectivity index (χ1v) is 7.11. The molecule has 1 unspecified atom stereocenters. The highest BCUT2D eigenvalue weighted by Crippen LogP contribution is 2.20. The molecule has 0 saturated heterocycles. The van der Waals surface area contributed by atoms with Crippen LogP contribution >= 0.6 is 0 Å². The number of fused-ring (bicyclic) bond motifs is 1. The van der Waals surface area contributed by atoms with Crippen LogP contribution in [0.15, 0.2) is 42.5 Å². The van der Waals surface area contributed by atoms with Crippen molar-refractivity contribution in [2.24, 2.45) is 0 Å². The number of carboxylic acids is 1. The summed E-state index contributed by atoms with van der Waals surface area (Å²) in [4.78, 5) is 13.2. The van der Waals surface area contributed by atoms with Crippen molar-refractivity contribution in [3.8, 4) is 0 Å². The maximum atomic E-state index is 11.4. The summed E-state index contributed by atoms with van der Waals surface area (Å²) >= 11 is 0. The summed E-state index contributed by atoms with van der Waals surface area (Å²) in [5.41, 5.74) is 1.12. The Morgan fingerprint density at radius 3 is 2.67 bits per heavy atom. The van der Waals surface area contributed by atoms with E-state index in [4.69, 9.17) is 4.74 Å². The third-order valence-corrected chi connectivity index (χ3v) is 3.60. The Hall–Kier alpha value is -1.91. The number of ether oxygens (including phenoxy) is 1. The molecule has 2 aromatic carbocycles. The van der Waals surface area contributed by atoms with Gasteiger partial charge in [0, 0.05) is 13.2 Å². The fraction of sp³-hybridized carbons (Fsp3) is 0.353. The zero-order chi connectivity index (χ0) is 15.2. The number of hydrogen-bond acceptors (Lipinski definition) is 3. The van der Waals surface area contributed by atoms with Crippen LogP contribution in [0.3, 0.4) is 0 Å². The fourth-order valence-electron chi connectivity index (χ4n) is 2.43. The number of carboxylic acid groups (broad SMARTS) is 1. The predicted molar refractivity (Wildman–Crippen MR) is 83.3 cm³/mol. The molecule has 2 aromatic rings. The highest BCUT2D eigenvalue weighted by atomic mass is 16.5. The summed E-state index contributed by atoms with van der Waals surface area (Å²) in [7, 11) is 1.82. The maximum absolute atomic E-state index is 11.4. The molecule has 0 aliphatic carbocycles. The number of rotatable bonds is 7. The normalized spacial score (nSPS) is 12.7. The number of likely N-dealkylation sites (N-methyl/N-ethyl adjacent to an activating group) is 1. The van der Waals surface area contributed by atoms with Crippen molar-refractivity contribution in [3.05, 3.63) is 48.0 Å². The van der Waals surface area contributed by atoms with Crippen molar-refractivity contribution in [1.82, 2.24) is 4.90 Å². The molecule has 0 aliphatic rings. The lowest BCUT2D eigenvalue weighted by Crippen LogP contribution is -2.41. The Labute approximate surface area is 124 Å². The summed E-state index contributed by atoms with van der Waals surface area (Å²) < 4.78 is 5.28. The van der Waals surface area contributed by atoms with Gasteiger partial charge in [-0.3, -0.25) is 9.69 Å². The van der Waals surface area contributed by atoms with Crippen molar-refractivity contribution in [3.63, 3.8) is 0 Å². The summed E-state index contributed by atoms with van der Waals surface area (Å²) in [5, 5.41) is 11.7. The van der Waals surface area contributed by atoms with Gasteiger partial charge < -0.3 is 9.84 Å². The Kier molecular flexibility index (Phi) is 5.31. The average molecular weight is 287 g/mol. The van der Waals surface area contributed by atoms with Crippen LogP contribution in [0.5, 0.6) is 0 Å². The van der Waals surface area contributed by atoms with E-state index in [1.54, 1.807) is 0 Å². The lowest BCUT2D eigenvalue weighted by Gasteiger charge is -2.25. The monoisotopic (exact) mass is 287 g/mol. The van der Waals surface area contributed by atoms with E-state index >= 15 is 0 Å². The largest absolute Gasteiger partial charge is 0.480 e. The molecule has 1 N–H and O–H groups in total. The van der Waals surface area contributed by atoms with Crippen LogP contribution in [0.4, 0.5) is 0 Å². The van der Waals surface area contributed by atoms with Gasteiger partial charge >= 0.3 is 5.97 Å². The molecule has 0 aromatic heterocycles. The molecule has 0 heterocycles. The molecule has 112 valence electrons. The van der Waals surface area contributed by atoms with Crippen LogP contribution in [0.25, 0.3) is 10.8 Å². The number of benzene rings is 2. The molecule has 0 radical (unpaired) electrons. The number of hydrogen-bond donors (Lipinski definition) is 1. The third kappa shape index (κ3) is 3.80. The van der Waals surface area contributed by atoms with Gasteiger partial charge in [-0.15, -0.1) is 0 Å². The second-order valence-corrected chi connectivity index (χ2v) is 5.07. The first-order chi connectivity index (χ1) is 10.1. The standard InChI is InChI=1S/C17H21NO3/c1-3-21-12-16(17(19)20)18(2)11-14-9-6-8-13-7-4-5-10-15(13)14/h4-10,16H,3,11-12H2,1-2H3,(H,19,20). The Morgan fingerprint density at radius 2 is 1.95 bits per heavy atom. The van der Waals surface area contributed by atoms with E-state index < -0.39 is 12.0 Å². The molecule has 4 nitrogen and oxygen atoms in total. The van der Waals surface area contributed by atoms with Crippen LogP contribution in [0.1, 0.15) is 12.5 Å². The zero-order valence-corrected chi connectivity index (χ0v) is 12.5. The maximum Gasteiger partial charge on any atom is 0.323 e. The van der Waals surface area contributed by atoms with Gasteiger partial charge in [0.25, 0.3) is 0 Å². The van der Waals surface area contributed by atoms with Crippen molar-refractivity contribution < 1.29 is 14.6 Å². The minimum atomic E-state index is -0.855. The van der Waals surface area contributed by atoms with Crippen molar-refractivity contribution in [2.45, 2.75) is 19.5 Å². The molecule has 2 rings (SSSR count). The lowest BCUT2D eigenvalue weighted by atomic mass is 10.0. The molecule has 0 amide bonds. The van der Waals surface area contributed by atoms with E-state index in [2.05, 4.69) is 18.2 Å². The van der Waals surface area contributed by atoms with Crippen molar-refractivity contribution in [2.75, 3.05) is 20.3 Å². The van der Waals surface area contributed by atoms with Crippen LogP contribution in [-0.4, -0.2) is 42.3 Å². The van der Waals surface area contributed by atoms with E-state index in [9.17, 15) is 9.90 Å². The Balaban J connectivity index is 2.20. The molecular weight excluding hydrogens is 266 g/mol. The van der Waals surface area contributed by atoms with Gasteiger partial charge in [-0.1, -0.05) is 42.5 Å². The van der Waals surface area contributed by atoms with Crippen molar-refractivity contribution in [1.29, 1.82) is 0 Å². The van der Waals surface area contributed by atoms with E-state index in [0.29, 0.717) is 13.2 Å².